The van der Waals surface area contributed by atoms with E-state index >= 15 is 0 Å². The highest BCUT2D eigenvalue weighted by atomic mass is 32.2. The number of nitrogens with zero attached hydrogens (tertiary/aromatic N) is 3. The van der Waals surface area contributed by atoms with Gasteiger partial charge in [-0.3, -0.25) is 24.0 Å². The van der Waals surface area contributed by atoms with Crippen molar-refractivity contribution in [1.29, 1.82) is 0 Å². The van der Waals surface area contributed by atoms with Crippen LogP contribution in [0, 0.1) is 15.9 Å². The first kappa shape index (κ1) is 30.6. The maximum Gasteiger partial charge on any atom is 0.271 e. The average Bonchev–Trinajstić information content (AvgIpc) is 3.47. The second-order valence-electron chi connectivity index (χ2n) is 10.4. The van der Waals surface area contributed by atoms with Crippen molar-refractivity contribution in [2.75, 3.05) is 17.1 Å². The SMILES string of the molecule is CS(=O)(=O)N(CC(=O)N(Cc1ccccc1F)C(Cc1ccccc1)C(=O)NC1CCCC1)c1cccc([N+](=O)[O-])c1. The van der Waals surface area contributed by atoms with Gasteiger partial charge in [-0.2, -0.15) is 0 Å². The Hall–Kier alpha value is -4.32. The number of nitro benzene ring substituents is 1. The number of rotatable bonds is 12. The zero-order chi connectivity index (χ0) is 30.3. The van der Waals surface area contributed by atoms with Gasteiger partial charge in [0.05, 0.1) is 16.9 Å². The molecule has 3 aromatic carbocycles. The van der Waals surface area contributed by atoms with E-state index in [4.69, 9.17) is 0 Å². The molecule has 1 saturated carbocycles. The molecule has 42 heavy (non-hydrogen) atoms. The van der Waals surface area contributed by atoms with Gasteiger partial charge in [0.25, 0.3) is 5.69 Å². The lowest BCUT2D eigenvalue weighted by Crippen LogP contribution is -2.54. The Morgan fingerprint density at radius 1 is 1.02 bits per heavy atom. The van der Waals surface area contributed by atoms with Crippen molar-refractivity contribution in [3.63, 3.8) is 0 Å². The minimum atomic E-state index is -4.10. The molecule has 0 saturated heterocycles. The van der Waals surface area contributed by atoms with Crippen LogP contribution < -0.4 is 9.62 Å². The van der Waals surface area contributed by atoms with E-state index in [-0.39, 0.29) is 35.9 Å². The number of anilines is 1. The van der Waals surface area contributed by atoms with Gasteiger partial charge in [0.2, 0.25) is 21.8 Å². The van der Waals surface area contributed by atoms with Crippen molar-refractivity contribution in [2.24, 2.45) is 0 Å². The number of benzene rings is 3. The fourth-order valence-corrected chi connectivity index (χ4v) is 5.95. The molecule has 0 radical (unpaired) electrons. The molecule has 1 aliphatic rings. The highest BCUT2D eigenvalue weighted by Crippen LogP contribution is 2.25. The Balaban J connectivity index is 1.74. The summed E-state index contributed by atoms with van der Waals surface area (Å²) in [5.74, 6) is -1.77. The minimum absolute atomic E-state index is 0.0569. The van der Waals surface area contributed by atoms with Gasteiger partial charge in [0.15, 0.2) is 0 Å². The van der Waals surface area contributed by atoms with E-state index in [1.165, 1.54) is 41.3 Å². The first-order valence-corrected chi connectivity index (χ1v) is 15.5. The molecule has 2 amide bonds. The minimum Gasteiger partial charge on any atom is -0.352 e. The molecule has 12 heteroatoms. The van der Waals surface area contributed by atoms with Gasteiger partial charge >= 0.3 is 0 Å². The summed E-state index contributed by atoms with van der Waals surface area (Å²) in [7, 11) is -4.10. The molecule has 1 N–H and O–H groups in total. The Morgan fingerprint density at radius 2 is 1.69 bits per heavy atom. The lowest BCUT2D eigenvalue weighted by atomic mass is 10.0. The summed E-state index contributed by atoms with van der Waals surface area (Å²) in [5.41, 5.74) is 0.475. The van der Waals surface area contributed by atoms with Gasteiger partial charge in [-0.15, -0.1) is 0 Å². The normalized spacial score (nSPS) is 14.2. The van der Waals surface area contributed by atoms with Crippen LogP contribution >= 0.6 is 0 Å². The van der Waals surface area contributed by atoms with E-state index < -0.39 is 45.2 Å². The Bertz CT molecular complexity index is 1530. The molecule has 0 spiro atoms. The first-order chi connectivity index (χ1) is 20.0. The van der Waals surface area contributed by atoms with Crippen LogP contribution in [0.25, 0.3) is 0 Å². The summed E-state index contributed by atoms with van der Waals surface area (Å²) in [6.07, 6.45) is 4.54. The van der Waals surface area contributed by atoms with Crippen LogP contribution in [0.1, 0.15) is 36.8 Å². The number of sulfonamides is 1. The van der Waals surface area contributed by atoms with Crippen molar-refractivity contribution in [2.45, 2.75) is 50.7 Å². The number of halogens is 1. The van der Waals surface area contributed by atoms with Crippen molar-refractivity contribution >= 4 is 33.2 Å². The monoisotopic (exact) mass is 596 g/mol. The lowest BCUT2D eigenvalue weighted by molar-refractivity contribution is -0.384. The van der Waals surface area contributed by atoms with E-state index in [1.807, 2.05) is 18.2 Å². The molecule has 1 atom stereocenters. The molecule has 0 heterocycles. The average molecular weight is 597 g/mol. The number of non-ortho nitro benzene ring substituents is 1. The zero-order valence-electron chi connectivity index (χ0n) is 23.2. The topological polar surface area (TPSA) is 130 Å². The molecule has 0 aliphatic heterocycles. The van der Waals surface area contributed by atoms with Gasteiger partial charge in [-0.1, -0.05) is 67.4 Å². The molecule has 222 valence electrons. The maximum atomic E-state index is 14.9. The third-order valence-corrected chi connectivity index (χ3v) is 8.42. The highest BCUT2D eigenvalue weighted by Gasteiger charge is 2.34. The predicted octanol–water partition coefficient (Wildman–Crippen LogP) is 4.20. The number of amides is 2. The number of hydrogen-bond donors (Lipinski definition) is 1. The summed E-state index contributed by atoms with van der Waals surface area (Å²) in [4.78, 5) is 39.7. The molecule has 1 unspecified atom stereocenters. The fraction of sp³-hybridized carbons (Fsp3) is 0.333. The largest absolute Gasteiger partial charge is 0.352 e. The number of carbonyl (C=O) groups is 2. The highest BCUT2D eigenvalue weighted by molar-refractivity contribution is 7.92. The number of hydrogen-bond acceptors (Lipinski definition) is 6. The molecular weight excluding hydrogens is 563 g/mol. The first-order valence-electron chi connectivity index (χ1n) is 13.6. The Labute approximate surface area is 244 Å². The zero-order valence-corrected chi connectivity index (χ0v) is 24.0. The lowest BCUT2D eigenvalue weighted by Gasteiger charge is -2.34. The molecule has 0 aromatic heterocycles. The van der Waals surface area contributed by atoms with E-state index in [0.717, 1.165) is 47.9 Å². The summed E-state index contributed by atoms with van der Waals surface area (Å²) in [6.45, 7) is -1.05. The van der Waals surface area contributed by atoms with Crippen LogP contribution in [-0.4, -0.2) is 54.9 Å². The molecule has 3 aromatic rings. The van der Waals surface area contributed by atoms with E-state index in [0.29, 0.717) is 0 Å². The van der Waals surface area contributed by atoms with Gasteiger partial charge in [0, 0.05) is 36.7 Å². The van der Waals surface area contributed by atoms with Crippen molar-refractivity contribution in [3.8, 4) is 0 Å². The Morgan fingerprint density at radius 3 is 2.33 bits per heavy atom. The summed E-state index contributed by atoms with van der Waals surface area (Å²) in [6, 6.07) is 18.7. The van der Waals surface area contributed by atoms with Crippen LogP contribution in [0.2, 0.25) is 0 Å². The van der Waals surface area contributed by atoms with E-state index in [2.05, 4.69) is 5.32 Å². The van der Waals surface area contributed by atoms with Crippen LogP contribution in [0.5, 0.6) is 0 Å². The fourth-order valence-electron chi connectivity index (χ4n) is 5.11. The van der Waals surface area contributed by atoms with Gasteiger partial charge in [0.1, 0.15) is 18.4 Å². The molecular formula is C30H33FN4O6S. The third-order valence-electron chi connectivity index (χ3n) is 7.28. The third kappa shape index (κ3) is 7.90. The van der Waals surface area contributed by atoms with Crippen molar-refractivity contribution in [1.82, 2.24) is 10.2 Å². The molecule has 0 bridgehead atoms. The summed E-state index contributed by atoms with van der Waals surface area (Å²) >= 11 is 0. The quantitative estimate of drug-likeness (QED) is 0.246. The van der Waals surface area contributed by atoms with Gasteiger partial charge < -0.3 is 10.2 Å². The molecule has 1 fully saturated rings. The van der Waals surface area contributed by atoms with E-state index in [1.54, 1.807) is 18.2 Å². The van der Waals surface area contributed by atoms with Crippen molar-refractivity contribution in [3.05, 3.63) is 106 Å². The number of nitro groups is 1. The van der Waals surface area contributed by atoms with Crippen LogP contribution in [0.15, 0.2) is 78.9 Å². The molecule has 4 rings (SSSR count). The van der Waals surface area contributed by atoms with Crippen LogP contribution in [-0.2, 0) is 32.6 Å². The molecule has 1 aliphatic carbocycles. The smallest absolute Gasteiger partial charge is 0.271 e. The van der Waals surface area contributed by atoms with Crippen LogP contribution in [0.4, 0.5) is 15.8 Å². The predicted molar refractivity (Wildman–Crippen MR) is 157 cm³/mol. The second-order valence-corrected chi connectivity index (χ2v) is 12.3. The number of carbonyl (C=O) groups excluding carboxylic acids is 2. The van der Waals surface area contributed by atoms with Crippen molar-refractivity contribution < 1.29 is 27.3 Å². The standard InChI is InChI=1S/C30H33FN4O6S/c1-42(40,41)34(25-15-9-16-26(19-25)35(38)39)21-29(36)33(20-23-12-5-8-17-27(23)31)28(18-22-10-3-2-4-11-22)30(37)32-24-13-6-7-14-24/h2-5,8-12,15-17,19,24,28H,6-7,13-14,18,20-21H2,1H3,(H,32,37). The van der Waals surface area contributed by atoms with E-state index in [9.17, 15) is 32.5 Å². The van der Waals surface area contributed by atoms with Gasteiger partial charge in [-0.25, -0.2) is 12.8 Å². The Kier molecular flexibility index (Phi) is 9.89. The van der Waals surface area contributed by atoms with Crippen LogP contribution in [0.3, 0.4) is 0 Å². The second kappa shape index (κ2) is 13.6. The maximum absolute atomic E-state index is 14.9. The van der Waals surface area contributed by atoms with Gasteiger partial charge in [-0.05, 0) is 30.5 Å². The summed E-state index contributed by atoms with van der Waals surface area (Å²) < 4.78 is 41.3. The number of nitrogens with one attached hydrogen (secondary N) is 1. The molecule has 10 nitrogen and oxygen atoms in total. The summed E-state index contributed by atoms with van der Waals surface area (Å²) in [5, 5.41) is 14.4.